The number of ether oxygens (including phenoxy) is 1. The number of nitrogens with one attached hydrogen (secondary N) is 1. The van der Waals surface area contributed by atoms with Crippen LogP contribution >= 0.6 is 11.3 Å². The predicted octanol–water partition coefficient (Wildman–Crippen LogP) is 4.81. The molecule has 1 aliphatic carbocycles. The van der Waals surface area contributed by atoms with Crippen molar-refractivity contribution < 1.29 is 14.6 Å². The number of hydrogen-bond acceptors (Lipinski definition) is 9. The zero-order valence-corrected chi connectivity index (χ0v) is 25.8. The number of carbonyl (C=O) groups is 1. The van der Waals surface area contributed by atoms with Crippen LogP contribution in [-0.4, -0.2) is 72.0 Å². The maximum absolute atomic E-state index is 11.5. The Morgan fingerprint density at radius 1 is 1.18 bits per heavy atom. The molecule has 2 saturated heterocycles. The Kier molecular flexibility index (Phi) is 6.38. The smallest absolute Gasteiger partial charge is 0.404 e. The number of fused-ring (bicyclic) bond motifs is 3. The van der Waals surface area contributed by atoms with E-state index < -0.39 is 6.09 Å². The minimum atomic E-state index is -0.999. The molecule has 1 amide bonds. The molecule has 1 saturated carbocycles. The molecule has 5 aromatic rings. The lowest BCUT2D eigenvalue weighted by molar-refractivity contribution is -0.0368. The lowest BCUT2D eigenvalue weighted by Gasteiger charge is -2.27. The van der Waals surface area contributed by atoms with Gasteiger partial charge in [-0.2, -0.15) is 10.2 Å². The number of amides is 1. The second kappa shape index (κ2) is 10.2. The molecule has 4 atom stereocenters. The zero-order valence-electron chi connectivity index (χ0n) is 25.0. The Balaban J connectivity index is 1.17. The SMILES string of the molecule is Cc1csc([C@@]2(CNC(=O)O)[C@@H]3CCN(c4cnc5c(-c6ccc7nn(C)cc7c6C)nn(C6CCCCO6)c5n4)C[C@@H]32)n1. The van der Waals surface area contributed by atoms with Crippen LogP contribution in [0.1, 0.15) is 48.2 Å². The molecule has 3 fully saturated rings. The molecule has 0 bridgehead atoms. The van der Waals surface area contributed by atoms with Gasteiger partial charge in [-0.3, -0.25) is 4.68 Å². The Morgan fingerprint density at radius 3 is 2.84 bits per heavy atom. The summed E-state index contributed by atoms with van der Waals surface area (Å²) in [5, 5.41) is 26.0. The predicted molar refractivity (Wildman–Crippen MR) is 167 cm³/mol. The average molecular weight is 614 g/mol. The third kappa shape index (κ3) is 4.27. The number of anilines is 1. The summed E-state index contributed by atoms with van der Waals surface area (Å²) in [6, 6.07) is 4.12. The Hall–Kier alpha value is -4.10. The number of hydrogen-bond donors (Lipinski definition) is 2. The summed E-state index contributed by atoms with van der Waals surface area (Å²) < 4.78 is 9.98. The molecule has 13 heteroatoms. The van der Waals surface area contributed by atoms with Crippen LogP contribution in [0.3, 0.4) is 0 Å². The molecule has 3 aliphatic rings. The van der Waals surface area contributed by atoms with Crippen molar-refractivity contribution in [3.63, 3.8) is 0 Å². The van der Waals surface area contributed by atoms with Crippen molar-refractivity contribution in [2.45, 2.75) is 51.2 Å². The van der Waals surface area contributed by atoms with Gasteiger partial charge in [0.15, 0.2) is 11.9 Å². The first-order valence-corrected chi connectivity index (χ1v) is 16.2. The standard InChI is InChI=1S/C31H35N9O3S/c1-17-15-44-29(34-17)31(16-33-30(41)42)21-9-10-39(14-22(21)31)24-12-32-27-26(19-7-8-23-20(18(19)2)13-38(3)36-23)37-40(28(27)35-24)25-6-4-5-11-43-25/h7-8,12-13,15,21-22,25,33H,4-6,9-11,14,16H2,1-3H3,(H,41,42)/t21-,22+,25?,31+/m1/s1. The van der Waals surface area contributed by atoms with Gasteiger partial charge in [-0.1, -0.05) is 6.07 Å². The van der Waals surface area contributed by atoms with E-state index in [-0.39, 0.29) is 17.6 Å². The fourth-order valence-corrected chi connectivity index (χ4v) is 8.71. The van der Waals surface area contributed by atoms with Crippen LogP contribution in [0.15, 0.2) is 29.9 Å². The quantitative estimate of drug-likeness (QED) is 0.276. The number of carboxylic acid groups (broad SMARTS) is 1. The van der Waals surface area contributed by atoms with E-state index >= 15 is 0 Å². The topological polar surface area (TPSA) is 136 Å². The van der Waals surface area contributed by atoms with Crippen LogP contribution in [0, 0.1) is 25.7 Å². The highest BCUT2D eigenvalue weighted by molar-refractivity contribution is 7.09. The third-order valence-corrected chi connectivity index (χ3v) is 11.0. The van der Waals surface area contributed by atoms with Crippen LogP contribution in [-0.2, 0) is 17.2 Å². The van der Waals surface area contributed by atoms with Crippen molar-refractivity contribution in [1.82, 2.24) is 39.8 Å². The van der Waals surface area contributed by atoms with Gasteiger partial charge in [0.25, 0.3) is 0 Å². The first kappa shape index (κ1) is 27.4. The molecule has 44 heavy (non-hydrogen) atoms. The molecule has 4 aromatic heterocycles. The minimum absolute atomic E-state index is 0.191. The second-order valence-corrected chi connectivity index (χ2v) is 13.3. The van der Waals surface area contributed by atoms with Crippen molar-refractivity contribution in [2.24, 2.45) is 18.9 Å². The van der Waals surface area contributed by atoms with Gasteiger partial charge in [0, 0.05) is 66.9 Å². The summed E-state index contributed by atoms with van der Waals surface area (Å²) in [5.41, 5.74) is 6.05. The van der Waals surface area contributed by atoms with Crippen molar-refractivity contribution in [2.75, 3.05) is 31.1 Å². The van der Waals surface area contributed by atoms with Crippen LogP contribution in [0.5, 0.6) is 0 Å². The molecule has 2 N–H and O–H groups in total. The summed E-state index contributed by atoms with van der Waals surface area (Å²) in [6.07, 6.45) is 6.65. The number of rotatable bonds is 6. The zero-order chi connectivity index (χ0) is 30.2. The summed E-state index contributed by atoms with van der Waals surface area (Å²) in [5.74, 6) is 1.47. The van der Waals surface area contributed by atoms with Gasteiger partial charge >= 0.3 is 6.09 Å². The summed E-state index contributed by atoms with van der Waals surface area (Å²) in [4.78, 5) is 28.8. The van der Waals surface area contributed by atoms with E-state index in [1.807, 2.05) is 41.8 Å². The fourth-order valence-electron chi connectivity index (χ4n) is 7.59. The third-order valence-electron chi connectivity index (χ3n) is 9.85. The van der Waals surface area contributed by atoms with Gasteiger partial charge in [-0.05, 0) is 63.0 Å². The normalized spacial score (nSPS) is 25.0. The van der Waals surface area contributed by atoms with Gasteiger partial charge in [0.05, 0.1) is 11.7 Å². The van der Waals surface area contributed by atoms with Crippen molar-refractivity contribution >= 4 is 45.3 Å². The second-order valence-electron chi connectivity index (χ2n) is 12.4. The van der Waals surface area contributed by atoms with Crippen molar-refractivity contribution in [3.05, 3.63) is 46.2 Å². The Bertz CT molecular complexity index is 1910. The highest BCUT2D eigenvalue weighted by Crippen LogP contribution is 2.63. The molecule has 228 valence electrons. The molecule has 2 aliphatic heterocycles. The van der Waals surface area contributed by atoms with Gasteiger partial charge in [0.1, 0.15) is 22.0 Å². The monoisotopic (exact) mass is 613 g/mol. The first-order chi connectivity index (χ1) is 21.3. The van der Waals surface area contributed by atoms with E-state index in [0.717, 1.165) is 94.2 Å². The Labute approximate surface area is 258 Å². The highest BCUT2D eigenvalue weighted by atomic mass is 32.1. The van der Waals surface area contributed by atoms with Gasteiger partial charge < -0.3 is 20.1 Å². The van der Waals surface area contributed by atoms with E-state index in [0.29, 0.717) is 19.1 Å². The first-order valence-electron chi connectivity index (χ1n) is 15.3. The number of aryl methyl sites for hydroxylation is 3. The molecular weight excluding hydrogens is 578 g/mol. The number of aromatic nitrogens is 7. The van der Waals surface area contributed by atoms with Gasteiger partial charge in [-0.25, -0.2) is 24.4 Å². The van der Waals surface area contributed by atoms with E-state index in [2.05, 4.69) is 33.7 Å². The molecular formula is C31H35N9O3S. The summed E-state index contributed by atoms with van der Waals surface area (Å²) in [7, 11) is 1.94. The molecule has 0 radical (unpaired) electrons. The molecule has 0 spiro atoms. The molecule has 12 nitrogen and oxygen atoms in total. The number of benzene rings is 1. The van der Waals surface area contributed by atoms with Crippen LogP contribution < -0.4 is 10.2 Å². The van der Waals surface area contributed by atoms with E-state index in [9.17, 15) is 9.90 Å². The van der Waals surface area contributed by atoms with Crippen LogP contribution in [0.2, 0.25) is 0 Å². The average Bonchev–Trinajstić information content (AvgIpc) is 3.38. The lowest BCUT2D eigenvalue weighted by Crippen LogP contribution is -2.35. The number of nitrogens with zero attached hydrogens (tertiary/aromatic N) is 8. The maximum atomic E-state index is 11.5. The van der Waals surface area contributed by atoms with Crippen LogP contribution in [0.4, 0.5) is 10.6 Å². The molecule has 1 unspecified atom stereocenters. The van der Waals surface area contributed by atoms with Gasteiger partial charge in [0.2, 0.25) is 0 Å². The summed E-state index contributed by atoms with van der Waals surface area (Å²) in [6.45, 7) is 6.76. The van der Waals surface area contributed by atoms with Crippen LogP contribution in [0.25, 0.3) is 33.3 Å². The molecule has 8 rings (SSSR count). The highest BCUT2D eigenvalue weighted by Gasteiger charge is 2.68. The number of piperidine rings is 1. The van der Waals surface area contributed by atoms with E-state index in [1.165, 1.54) is 0 Å². The fraction of sp³-hybridized carbons (Fsp3) is 0.484. The largest absolute Gasteiger partial charge is 0.465 e. The summed E-state index contributed by atoms with van der Waals surface area (Å²) >= 11 is 1.64. The molecule has 1 aromatic carbocycles. The number of thiazole rings is 1. The maximum Gasteiger partial charge on any atom is 0.404 e. The molecule has 6 heterocycles. The van der Waals surface area contributed by atoms with Crippen molar-refractivity contribution in [3.8, 4) is 11.3 Å². The van der Waals surface area contributed by atoms with E-state index in [1.54, 1.807) is 11.3 Å². The Morgan fingerprint density at radius 2 is 2.07 bits per heavy atom. The van der Waals surface area contributed by atoms with Crippen molar-refractivity contribution in [1.29, 1.82) is 0 Å². The van der Waals surface area contributed by atoms with Gasteiger partial charge in [-0.15, -0.1) is 11.3 Å². The lowest BCUT2D eigenvalue weighted by atomic mass is 10.0. The minimum Gasteiger partial charge on any atom is -0.465 e. The van der Waals surface area contributed by atoms with E-state index in [4.69, 9.17) is 24.8 Å².